The fourth-order valence-corrected chi connectivity index (χ4v) is 3.01. The minimum Gasteiger partial charge on any atom is -0.487 e. The normalized spacial score (nSPS) is 15.4. The highest BCUT2D eigenvalue weighted by Gasteiger charge is 2.27. The molecular formula is C21H27N3O4. The monoisotopic (exact) mass is 385 g/mol. The summed E-state index contributed by atoms with van der Waals surface area (Å²) in [6.45, 7) is 6.79. The van der Waals surface area contributed by atoms with E-state index in [0.717, 1.165) is 24.0 Å². The number of hydrogen-bond acceptors (Lipinski definition) is 6. The molecule has 0 atom stereocenters. The first kappa shape index (κ1) is 20.1. The summed E-state index contributed by atoms with van der Waals surface area (Å²) in [6.07, 6.45) is 4.54. The van der Waals surface area contributed by atoms with Crippen LogP contribution in [0.1, 0.15) is 39.2 Å². The number of aliphatic hydroxyl groups excluding tert-OH is 1. The van der Waals surface area contributed by atoms with E-state index in [1.807, 2.05) is 45.0 Å². The van der Waals surface area contributed by atoms with Crippen molar-refractivity contribution in [3.63, 3.8) is 0 Å². The van der Waals surface area contributed by atoms with Gasteiger partial charge in [0.2, 0.25) is 0 Å². The smallest absolute Gasteiger partial charge is 0.410 e. The third kappa shape index (κ3) is 5.42. The maximum atomic E-state index is 12.1. The fourth-order valence-electron chi connectivity index (χ4n) is 3.01. The topological polar surface area (TPSA) is 84.8 Å². The number of carbonyl (C=O) groups is 1. The zero-order valence-corrected chi connectivity index (χ0v) is 16.6. The molecule has 150 valence electrons. The Morgan fingerprint density at radius 3 is 2.50 bits per heavy atom. The van der Waals surface area contributed by atoms with Crippen LogP contribution in [0.4, 0.5) is 4.79 Å². The second-order valence-electron chi connectivity index (χ2n) is 7.89. The van der Waals surface area contributed by atoms with Crippen molar-refractivity contribution in [3.8, 4) is 17.1 Å². The number of rotatable bonds is 4. The van der Waals surface area contributed by atoms with Crippen LogP contribution >= 0.6 is 0 Å². The Labute approximate surface area is 165 Å². The minimum absolute atomic E-state index is 0.0168. The highest BCUT2D eigenvalue weighted by molar-refractivity contribution is 5.68. The van der Waals surface area contributed by atoms with Crippen LogP contribution in [-0.2, 0) is 11.3 Å². The Kier molecular flexibility index (Phi) is 6.14. The number of aromatic nitrogens is 2. The minimum atomic E-state index is -0.486. The number of nitrogens with zero attached hydrogens (tertiary/aromatic N) is 3. The van der Waals surface area contributed by atoms with Gasteiger partial charge in [0.15, 0.2) is 11.6 Å². The third-order valence-electron chi connectivity index (χ3n) is 4.39. The molecule has 28 heavy (non-hydrogen) atoms. The zero-order valence-electron chi connectivity index (χ0n) is 16.6. The van der Waals surface area contributed by atoms with E-state index in [4.69, 9.17) is 9.47 Å². The number of piperidine rings is 1. The second-order valence-corrected chi connectivity index (χ2v) is 7.89. The summed E-state index contributed by atoms with van der Waals surface area (Å²) in [4.78, 5) is 22.6. The van der Waals surface area contributed by atoms with Gasteiger partial charge in [0, 0.05) is 31.5 Å². The van der Waals surface area contributed by atoms with Crippen molar-refractivity contribution in [1.29, 1.82) is 0 Å². The van der Waals surface area contributed by atoms with Crippen molar-refractivity contribution >= 4 is 6.09 Å². The van der Waals surface area contributed by atoms with Gasteiger partial charge in [-0.15, -0.1) is 0 Å². The lowest BCUT2D eigenvalue weighted by atomic mass is 10.1. The number of carbonyl (C=O) groups excluding carboxylic acids is 1. The van der Waals surface area contributed by atoms with Crippen LogP contribution in [-0.4, -0.2) is 50.9 Å². The Hall–Kier alpha value is -2.67. The Balaban J connectivity index is 1.53. The summed E-state index contributed by atoms with van der Waals surface area (Å²) in [5.74, 6) is 1.19. The van der Waals surface area contributed by atoms with E-state index >= 15 is 0 Å². The molecule has 0 unspecified atom stereocenters. The van der Waals surface area contributed by atoms with Crippen molar-refractivity contribution < 1.29 is 19.4 Å². The number of amides is 1. The summed E-state index contributed by atoms with van der Waals surface area (Å²) in [7, 11) is 0. The van der Waals surface area contributed by atoms with Crippen molar-refractivity contribution in [3.05, 3.63) is 42.2 Å². The highest BCUT2D eigenvalue weighted by atomic mass is 16.6. The maximum Gasteiger partial charge on any atom is 0.410 e. The predicted molar refractivity (Wildman–Crippen MR) is 105 cm³/mol. The van der Waals surface area contributed by atoms with Crippen molar-refractivity contribution in [2.45, 2.75) is 51.9 Å². The van der Waals surface area contributed by atoms with Crippen molar-refractivity contribution in [1.82, 2.24) is 14.9 Å². The molecule has 0 aliphatic carbocycles. The standard InChI is InChI=1S/C21H27N3O4/c1-21(2,3)28-20(26)24-9-7-17(8-10-24)27-18-12-22-19(23-13-18)16-6-4-5-15(11-16)14-25/h4-6,11-13,17,25H,7-10,14H2,1-3H3. The maximum absolute atomic E-state index is 12.1. The molecule has 1 aromatic carbocycles. The molecule has 1 aliphatic rings. The molecule has 0 bridgehead atoms. The van der Waals surface area contributed by atoms with E-state index in [1.165, 1.54) is 0 Å². The quantitative estimate of drug-likeness (QED) is 0.868. The molecule has 1 N–H and O–H groups in total. The van der Waals surface area contributed by atoms with Gasteiger partial charge in [0.05, 0.1) is 19.0 Å². The first-order valence-corrected chi connectivity index (χ1v) is 9.51. The molecule has 7 heteroatoms. The van der Waals surface area contributed by atoms with Gasteiger partial charge in [0.25, 0.3) is 0 Å². The van der Waals surface area contributed by atoms with Crippen LogP contribution in [0.15, 0.2) is 36.7 Å². The molecule has 0 spiro atoms. The van der Waals surface area contributed by atoms with E-state index < -0.39 is 5.60 Å². The summed E-state index contributed by atoms with van der Waals surface area (Å²) in [6, 6.07) is 7.49. The van der Waals surface area contributed by atoms with E-state index in [9.17, 15) is 9.90 Å². The molecular weight excluding hydrogens is 358 g/mol. The van der Waals surface area contributed by atoms with Crippen LogP contribution < -0.4 is 4.74 Å². The molecule has 2 aromatic rings. The average Bonchev–Trinajstić information content (AvgIpc) is 2.68. The van der Waals surface area contributed by atoms with Crippen LogP contribution in [0.5, 0.6) is 5.75 Å². The molecule has 7 nitrogen and oxygen atoms in total. The fraction of sp³-hybridized carbons (Fsp3) is 0.476. The van der Waals surface area contributed by atoms with Gasteiger partial charge in [-0.2, -0.15) is 0 Å². The van der Waals surface area contributed by atoms with E-state index in [-0.39, 0.29) is 18.8 Å². The first-order chi connectivity index (χ1) is 13.3. The largest absolute Gasteiger partial charge is 0.487 e. The zero-order chi connectivity index (χ0) is 20.1. The van der Waals surface area contributed by atoms with Crippen LogP contribution in [0.25, 0.3) is 11.4 Å². The summed E-state index contributed by atoms with van der Waals surface area (Å²) in [5.41, 5.74) is 1.18. The van der Waals surface area contributed by atoms with Gasteiger partial charge in [-0.25, -0.2) is 14.8 Å². The molecule has 1 amide bonds. The molecule has 0 radical (unpaired) electrons. The Morgan fingerprint density at radius 2 is 1.89 bits per heavy atom. The van der Waals surface area contributed by atoms with E-state index in [1.54, 1.807) is 17.3 Å². The molecule has 1 aliphatic heterocycles. The number of benzene rings is 1. The van der Waals surface area contributed by atoms with E-state index in [0.29, 0.717) is 24.7 Å². The first-order valence-electron chi connectivity index (χ1n) is 9.51. The molecule has 0 saturated carbocycles. The molecule has 1 saturated heterocycles. The average molecular weight is 385 g/mol. The Morgan fingerprint density at radius 1 is 1.21 bits per heavy atom. The lowest BCUT2D eigenvalue weighted by molar-refractivity contribution is 0.0126. The van der Waals surface area contributed by atoms with Gasteiger partial charge in [0.1, 0.15) is 11.7 Å². The SMILES string of the molecule is CC(C)(C)OC(=O)N1CCC(Oc2cnc(-c3cccc(CO)c3)nc2)CC1. The van der Waals surface area contributed by atoms with Crippen LogP contribution in [0, 0.1) is 0 Å². The lowest BCUT2D eigenvalue weighted by Crippen LogP contribution is -2.44. The molecule has 1 aromatic heterocycles. The van der Waals surface area contributed by atoms with Gasteiger partial charge >= 0.3 is 6.09 Å². The highest BCUT2D eigenvalue weighted by Crippen LogP contribution is 2.22. The number of aliphatic hydroxyl groups is 1. The third-order valence-corrected chi connectivity index (χ3v) is 4.39. The lowest BCUT2D eigenvalue weighted by Gasteiger charge is -2.33. The van der Waals surface area contributed by atoms with E-state index in [2.05, 4.69) is 9.97 Å². The summed E-state index contributed by atoms with van der Waals surface area (Å²) in [5, 5.41) is 9.25. The van der Waals surface area contributed by atoms with Gasteiger partial charge < -0.3 is 19.5 Å². The van der Waals surface area contributed by atoms with Crippen LogP contribution in [0.2, 0.25) is 0 Å². The number of ether oxygens (including phenoxy) is 2. The van der Waals surface area contributed by atoms with Gasteiger partial charge in [-0.05, 0) is 32.4 Å². The van der Waals surface area contributed by atoms with Gasteiger partial charge in [-0.1, -0.05) is 18.2 Å². The molecule has 1 fully saturated rings. The number of likely N-dealkylation sites (tertiary alicyclic amines) is 1. The summed E-state index contributed by atoms with van der Waals surface area (Å²) < 4.78 is 11.4. The second kappa shape index (κ2) is 8.56. The summed E-state index contributed by atoms with van der Waals surface area (Å²) >= 11 is 0. The van der Waals surface area contributed by atoms with Crippen LogP contribution in [0.3, 0.4) is 0 Å². The Bertz CT molecular complexity index is 794. The molecule has 3 rings (SSSR count). The molecule has 2 heterocycles. The predicted octanol–water partition coefficient (Wildman–Crippen LogP) is 3.41. The van der Waals surface area contributed by atoms with Crippen molar-refractivity contribution in [2.24, 2.45) is 0 Å². The van der Waals surface area contributed by atoms with Crippen molar-refractivity contribution in [2.75, 3.05) is 13.1 Å². The number of hydrogen-bond donors (Lipinski definition) is 1. The van der Waals surface area contributed by atoms with Gasteiger partial charge in [-0.3, -0.25) is 0 Å².